The Morgan fingerprint density at radius 2 is 2.43 bits per heavy atom. The van der Waals surface area contributed by atoms with Gasteiger partial charge >= 0.3 is 0 Å². The summed E-state index contributed by atoms with van der Waals surface area (Å²) in [5.41, 5.74) is 1.10. The number of hydrogen-bond acceptors (Lipinski definition) is 0. The topological polar surface area (TPSA) is 0 Å². The molecule has 0 fully saturated rings. The highest BCUT2D eigenvalue weighted by atomic mass is 79.9. The first-order valence-corrected chi connectivity index (χ1v) is 3.27. The van der Waals surface area contributed by atoms with Crippen molar-refractivity contribution in [2.24, 2.45) is 0 Å². The minimum absolute atomic E-state index is 0.917. The molecule has 0 aromatic carbocycles. The lowest BCUT2D eigenvalue weighted by Crippen LogP contribution is -1.61. The Morgan fingerprint density at radius 1 is 1.86 bits per heavy atom. The molecule has 1 heteroatoms. The van der Waals surface area contributed by atoms with E-state index in [-0.39, 0.29) is 0 Å². The summed E-state index contributed by atoms with van der Waals surface area (Å²) in [5.74, 6) is 0. The molecule has 0 saturated carbocycles. The SMILES string of the molecule is C=C(C)/C=C/CBr. The van der Waals surface area contributed by atoms with Gasteiger partial charge in [-0.3, -0.25) is 0 Å². The molecule has 0 bridgehead atoms. The Morgan fingerprint density at radius 3 is 2.57 bits per heavy atom. The van der Waals surface area contributed by atoms with Gasteiger partial charge in [0.1, 0.15) is 0 Å². The van der Waals surface area contributed by atoms with Gasteiger partial charge in [0.15, 0.2) is 0 Å². The van der Waals surface area contributed by atoms with Crippen LogP contribution in [0, 0.1) is 0 Å². The molecule has 0 amide bonds. The van der Waals surface area contributed by atoms with Crippen LogP contribution in [0.5, 0.6) is 0 Å². The summed E-state index contributed by atoms with van der Waals surface area (Å²) in [6, 6.07) is 0. The molecule has 0 rings (SSSR count). The molecule has 0 saturated heterocycles. The van der Waals surface area contributed by atoms with E-state index in [1.165, 1.54) is 0 Å². The Hall–Kier alpha value is -0.0400. The molecule has 0 radical (unpaired) electrons. The number of alkyl halides is 1. The number of halogens is 1. The van der Waals surface area contributed by atoms with Crippen LogP contribution < -0.4 is 0 Å². The van der Waals surface area contributed by atoms with Gasteiger partial charge < -0.3 is 0 Å². The predicted octanol–water partition coefficient (Wildman–Crippen LogP) is 2.51. The maximum Gasteiger partial charge on any atom is 0.0215 e. The second-order valence-corrected chi connectivity index (χ2v) is 2.05. The van der Waals surface area contributed by atoms with Gasteiger partial charge in [-0.05, 0) is 6.92 Å². The van der Waals surface area contributed by atoms with Gasteiger partial charge in [0.2, 0.25) is 0 Å². The fraction of sp³-hybridized carbons (Fsp3) is 0.333. The second kappa shape index (κ2) is 4.13. The van der Waals surface area contributed by atoms with Gasteiger partial charge in [-0.1, -0.05) is 40.2 Å². The van der Waals surface area contributed by atoms with Crippen LogP contribution in [0.1, 0.15) is 6.92 Å². The molecule has 0 aromatic rings. The van der Waals surface area contributed by atoms with Gasteiger partial charge in [0, 0.05) is 5.33 Å². The third kappa shape index (κ3) is 5.96. The third-order valence-corrected chi connectivity index (χ3v) is 0.865. The van der Waals surface area contributed by atoms with Crippen molar-refractivity contribution in [1.29, 1.82) is 0 Å². The quantitative estimate of drug-likeness (QED) is 0.431. The van der Waals surface area contributed by atoms with Crippen molar-refractivity contribution in [3.05, 3.63) is 24.3 Å². The molecule has 0 atom stereocenters. The largest absolute Gasteiger partial charge is 0.0961 e. The van der Waals surface area contributed by atoms with Crippen LogP contribution >= 0.6 is 15.9 Å². The van der Waals surface area contributed by atoms with Crippen molar-refractivity contribution < 1.29 is 0 Å². The number of rotatable bonds is 2. The Labute approximate surface area is 53.1 Å². The Kier molecular flexibility index (Phi) is 4.10. The molecule has 0 aromatic heterocycles. The highest BCUT2D eigenvalue weighted by Crippen LogP contribution is 1.89. The standard InChI is InChI=1S/C6H9Br/c1-6(2)4-3-5-7/h3-4H,1,5H2,2H3/b4-3+. The maximum atomic E-state index is 3.68. The average molecular weight is 161 g/mol. The second-order valence-electron chi connectivity index (χ2n) is 1.40. The van der Waals surface area contributed by atoms with Crippen LogP contribution in [-0.4, -0.2) is 5.33 Å². The molecular weight excluding hydrogens is 152 g/mol. The van der Waals surface area contributed by atoms with Gasteiger partial charge in [-0.15, -0.1) is 0 Å². The van der Waals surface area contributed by atoms with Crippen molar-refractivity contribution in [2.45, 2.75) is 6.92 Å². The van der Waals surface area contributed by atoms with Crippen molar-refractivity contribution >= 4 is 15.9 Å². The monoisotopic (exact) mass is 160 g/mol. The van der Waals surface area contributed by atoms with E-state index in [0.29, 0.717) is 0 Å². The molecule has 0 aliphatic carbocycles. The molecule has 0 heterocycles. The van der Waals surface area contributed by atoms with Crippen LogP contribution in [0.4, 0.5) is 0 Å². The summed E-state index contributed by atoms with van der Waals surface area (Å²) in [6.07, 6.45) is 4.00. The molecule has 40 valence electrons. The predicted molar refractivity (Wildman–Crippen MR) is 37.7 cm³/mol. The summed E-state index contributed by atoms with van der Waals surface area (Å²) in [4.78, 5) is 0. The van der Waals surface area contributed by atoms with Crippen LogP contribution in [-0.2, 0) is 0 Å². The lowest BCUT2D eigenvalue weighted by Gasteiger charge is -1.79. The van der Waals surface area contributed by atoms with Crippen LogP contribution in [0.3, 0.4) is 0 Å². The van der Waals surface area contributed by atoms with Gasteiger partial charge in [0.25, 0.3) is 0 Å². The first-order chi connectivity index (χ1) is 3.27. The lowest BCUT2D eigenvalue weighted by atomic mass is 10.3. The van der Waals surface area contributed by atoms with Gasteiger partial charge in [-0.25, -0.2) is 0 Å². The summed E-state index contributed by atoms with van der Waals surface area (Å²) in [6.45, 7) is 5.66. The van der Waals surface area contributed by atoms with Crippen molar-refractivity contribution in [3.63, 3.8) is 0 Å². The van der Waals surface area contributed by atoms with E-state index >= 15 is 0 Å². The van der Waals surface area contributed by atoms with E-state index < -0.39 is 0 Å². The molecule has 0 unspecified atom stereocenters. The molecule has 0 nitrogen and oxygen atoms in total. The molecule has 0 aliphatic rings. The van der Waals surface area contributed by atoms with Crippen molar-refractivity contribution in [2.75, 3.05) is 5.33 Å². The first-order valence-electron chi connectivity index (χ1n) is 2.15. The van der Waals surface area contributed by atoms with E-state index in [9.17, 15) is 0 Å². The molecule has 0 spiro atoms. The number of hydrogen-bond donors (Lipinski definition) is 0. The van der Waals surface area contributed by atoms with Gasteiger partial charge in [0.05, 0.1) is 0 Å². The molecule has 0 N–H and O–H groups in total. The lowest BCUT2D eigenvalue weighted by molar-refractivity contribution is 1.54. The zero-order valence-corrected chi connectivity index (χ0v) is 6.03. The Bertz CT molecular complexity index is 82.2. The summed E-state index contributed by atoms with van der Waals surface area (Å²) in [7, 11) is 0. The van der Waals surface area contributed by atoms with Crippen molar-refractivity contribution in [3.8, 4) is 0 Å². The molecule has 0 aliphatic heterocycles. The van der Waals surface area contributed by atoms with E-state index in [4.69, 9.17) is 0 Å². The summed E-state index contributed by atoms with van der Waals surface area (Å²) < 4.78 is 0. The normalized spacial score (nSPS) is 10.0. The summed E-state index contributed by atoms with van der Waals surface area (Å²) >= 11 is 3.25. The fourth-order valence-electron chi connectivity index (χ4n) is 0.246. The Balaban J connectivity index is 3.26. The van der Waals surface area contributed by atoms with Crippen LogP contribution in [0.15, 0.2) is 24.3 Å². The zero-order chi connectivity index (χ0) is 5.70. The minimum Gasteiger partial charge on any atom is -0.0961 e. The fourth-order valence-corrected chi connectivity index (χ4v) is 0.433. The average Bonchev–Trinajstić information content (AvgIpc) is 1.61. The van der Waals surface area contributed by atoms with E-state index in [1.807, 2.05) is 19.1 Å². The zero-order valence-electron chi connectivity index (χ0n) is 4.45. The van der Waals surface area contributed by atoms with E-state index in [1.54, 1.807) is 0 Å². The highest BCUT2D eigenvalue weighted by molar-refractivity contribution is 9.09. The van der Waals surface area contributed by atoms with E-state index in [0.717, 1.165) is 10.9 Å². The first kappa shape index (κ1) is 6.96. The summed E-state index contributed by atoms with van der Waals surface area (Å²) in [5, 5.41) is 0.917. The van der Waals surface area contributed by atoms with Crippen LogP contribution in [0.25, 0.3) is 0 Å². The van der Waals surface area contributed by atoms with Gasteiger partial charge in [-0.2, -0.15) is 0 Å². The maximum absolute atomic E-state index is 3.68. The van der Waals surface area contributed by atoms with Crippen molar-refractivity contribution in [1.82, 2.24) is 0 Å². The van der Waals surface area contributed by atoms with Crippen LogP contribution in [0.2, 0.25) is 0 Å². The molecular formula is C6H9Br. The third-order valence-electron chi connectivity index (χ3n) is 0.491. The molecule has 7 heavy (non-hydrogen) atoms. The highest BCUT2D eigenvalue weighted by Gasteiger charge is 1.68. The van der Waals surface area contributed by atoms with E-state index in [2.05, 4.69) is 22.5 Å². The smallest absolute Gasteiger partial charge is 0.0215 e. The minimum atomic E-state index is 0.917. The number of allylic oxidation sites excluding steroid dienone is 3.